The van der Waals surface area contributed by atoms with Crippen LogP contribution in [0.25, 0.3) is 0 Å². The van der Waals surface area contributed by atoms with Crippen LogP contribution in [-0.4, -0.2) is 66.8 Å². The molecule has 0 bridgehead atoms. The van der Waals surface area contributed by atoms with Gasteiger partial charge in [-0.1, -0.05) is 18.2 Å². The fraction of sp³-hybridized carbons (Fsp3) is 0.409. The summed E-state index contributed by atoms with van der Waals surface area (Å²) >= 11 is 1.42. The lowest BCUT2D eigenvalue weighted by atomic mass is 10.2. The molecule has 0 atom stereocenters. The quantitative estimate of drug-likeness (QED) is 0.790. The van der Waals surface area contributed by atoms with Gasteiger partial charge in [0.1, 0.15) is 0 Å². The zero-order chi connectivity index (χ0) is 21.1. The lowest BCUT2D eigenvalue weighted by molar-refractivity contribution is -0.120. The van der Waals surface area contributed by atoms with Crippen molar-refractivity contribution in [2.45, 2.75) is 19.9 Å². The van der Waals surface area contributed by atoms with E-state index in [1.165, 1.54) is 23.8 Å². The van der Waals surface area contributed by atoms with Gasteiger partial charge in [-0.05, 0) is 30.2 Å². The molecule has 4 rings (SSSR count). The van der Waals surface area contributed by atoms with Crippen LogP contribution in [0, 0.1) is 0 Å². The summed E-state index contributed by atoms with van der Waals surface area (Å²) in [6.45, 7) is 5.67. The summed E-state index contributed by atoms with van der Waals surface area (Å²) in [7, 11) is 0. The molecule has 2 aromatic rings. The first-order valence-corrected chi connectivity index (χ1v) is 11.1. The van der Waals surface area contributed by atoms with Gasteiger partial charge in [0.2, 0.25) is 11.8 Å². The highest BCUT2D eigenvalue weighted by atomic mass is 32.1. The lowest BCUT2D eigenvalue weighted by Gasteiger charge is -2.34. The van der Waals surface area contributed by atoms with Crippen molar-refractivity contribution in [2.75, 3.05) is 44.2 Å². The standard InChI is InChI=1S/C22H26N4O3S/c1-16(27)23-14-18-6-7-20(30-18)22(29)25-12-10-24(11-13-25)15-21(28)26-9-8-17-4-2-3-5-19(17)26/h2-7H,8-15H2,1H3,(H,23,27). The van der Waals surface area contributed by atoms with E-state index in [0.29, 0.717) is 44.1 Å². The van der Waals surface area contributed by atoms with Gasteiger partial charge in [0.25, 0.3) is 5.91 Å². The number of hydrogen-bond donors (Lipinski definition) is 1. The number of carbonyl (C=O) groups is 3. The molecule has 1 fully saturated rings. The van der Waals surface area contributed by atoms with Crippen molar-refractivity contribution >= 4 is 34.7 Å². The van der Waals surface area contributed by atoms with Crippen molar-refractivity contribution in [3.8, 4) is 0 Å². The van der Waals surface area contributed by atoms with Crippen LogP contribution in [0.4, 0.5) is 5.69 Å². The van der Waals surface area contributed by atoms with Crippen molar-refractivity contribution in [2.24, 2.45) is 0 Å². The van der Waals surface area contributed by atoms with E-state index in [1.54, 1.807) is 0 Å². The Morgan fingerprint density at radius 1 is 1.00 bits per heavy atom. The smallest absolute Gasteiger partial charge is 0.264 e. The molecule has 0 spiro atoms. The van der Waals surface area contributed by atoms with E-state index in [1.807, 2.05) is 40.1 Å². The van der Waals surface area contributed by atoms with E-state index in [4.69, 9.17) is 0 Å². The number of thiophene rings is 1. The molecule has 1 N–H and O–H groups in total. The Labute approximate surface area is 180 Å². The van der Waals surface area contributed by atoms with Crippen molar-refractivity contribution < 1.29 is 14.4 Å². The summed E-state index contributed by atoms with van der Waals surface area (Å²) < 4.78 is 0. The number of amides is 3. The number of carbonyl (C=O) groups excluding carboxylic acids is 3. The molecule has 3 heterocycles. The van der Waals surface area contributed by atoms with E-state index in [-0.39, 0.29) is 17.7 Å². The fourth-order valence-electron chi connectivity index (χ4n) is 3.94. The predicted molar refractivity (Wildman–Crippen MR) is 117 cm³/mol. The highest BCUT2D eigenvalue weighted by Gasteiger charge is 2.28. The normalized spacial score (nSPS) is 16.4. The SMILES string of the molecule is CC(=O)NCc1ccc(C(=O)N2CCN(CC(=O)N3CCc4ccccc43)CC2)s1. The van der Waals surface area contributed by atoms with Crippen LogP contribution in [0.1, 0.15) is 27.0 Å². The molecule has 30 heavy (non-hydrogen) atoms. The molecule has 158 valence electrons. The largest absolute Gasteiger partial charge is 0.351 e. The molecular formula is C22H26N4O3S. The summed E-state index contributed by atoms with van der Waals surface area (Å²) in [5.74, 6) is 0.0634. The van der Waals surface area contributed by atoms with Gasteiger partial charge in [-0.25, -0.2) is 0 Å². The first-order chi connectivity index (χ1) is 14.5. The van der Waals surface area contributed by atoms with Crippen LogP contribution < -0.4 is 10.2 Å². The number of rotatable bonds is 5. The topological polar surface area (TPSA) is 73.0 Å². The van der Waals surface area contributed by atoms with Gasteiger partial charge in [0.05, 0.1) is 18.0 Å². The second-order valence-electron chi connectivity index (χ2n) is 7.67. The average molecular weight is 427 g/mol. The Bertz CT molecular complexity index is 949. The third-order valence-electron chi connectivity index (χ3n) is 5.59. The summed E-state index contributed by atoms with van der Waals surface area (Å²) in [6.07, 6.45) is 0.912. The number of fused-ring (bicyclic) bond motifs is 1. The maximum atomic E-state index is 12.8. The minimum Gasteiger partial charge on any atom is -0.351 e. The van der Waals surface area contributed by atoms with E-state index in [0.717, 1.165) is 23.5 Å². The van der Waals surface area contributed by atoms with E-state index in [2.05, 4.69) is 16.3 Å². The predicted octanol–water partition coefficient (Wildman–Crippen LogP) is 1.73. The number of para-hydroxylation sites is 1. The molecule has 1 aromatic carbocycles. The molecule has 7 nitrogen and oxygen atoms in total. The monoisotopic (exact) mass is 426 g/mol. The number of hydrogen-bond acceptors (Lipinski definition) is 5. The molecule has 0 aliphatic carbocycles. The van der Waals surface area contributed by atoms with Crippen molar-refractivity contribution in [1.29, 1.82) is 0 Å². The van der Waals surface area contributed by atoms with Gasteiger partial charge < -0.3 is 15.1 Å². The molecule has 0 saturated carbocycles. The van der Waals surface area contributed by atoms with Crippen LogP contribution in [0.5, 0.6) is 0 Å². The number of nitrogens with one attached hydrogen (secondary N) is 1. The van der Waals surface area contributed by atoms with E-state index < -0.39 is 0 Å². The summed E-state index contributed by atoms with van der Waals surface area (Å²) in [6, 6.07) is 11.8. The summed E-state index contributed by atoms with van der Waals surface area (Å²) in [4.78, 5) is 44.1. The fourth-order valence-corrected chi connectivity index (χ4v) is 4.85. The minimum absolute atomic E-state index is 0.0218. The van der Waals surface area contributed by atoms with Gasteiger partial charge in [0.15, 0.2) is 0 Å². The molecule has 1 saturated heterocycles. The van der Waals surface area contributed by atoms with Crippen LogP contribution in [0.3, 0.4) is 0 Å². The molecular weight excluding hydrogens is 400 g/mol. The zero-order valence-electron chi connectivity index (χ0n) is 17.1. The van der Waals surface area contributed by atoms with Crippen LogP contribution in [0.2, 0.25) is 0 Å². The number of nitrogens with zero attached hydrogens (tertiary/aromatic N) is 3. The molecule has 3 amide bonds. The summed E-state index contributed by atoms with van der Waals surface area (Å²) in [5.41, 5.74) is 2.26. The van der Waals surface area contributed by atoms with Gasteiger partial charge in [-0.15, -0.1) is 11.3 Å². The minimum atomic E-state index is -0.0839. The Morgan fingerprint density at radius 3 is 2.53 bits per heavy atom. The second kappa shape index (κ2) is 8.97. The average Bonchev–Trinajstić information content (AvgIpc) is 3.39. The second-order valence-corrected chi connectivity index (χ2v) is 8.84. The highest BCUT2D eigenvalue weighted by molar-refractivity contribution is 7.14. The third-order valence-corrected chi connectivity index (χ3v) is 6.66. The van der Waals surface area contributed by atoms with Crippen LogP contribution in [-0.2, 0) is 22.6 Å². The third kappa shape index (κ3) is 4.55. The van der Waals surface area contributed by atoms with Gasteiger partial charge >= 0.3 is 0 Å². The maximum absolute atomic E-state index is 12.8. The molecule has 1 aromatic heterocycles. The Morgan fingerprint density at radius 2 is 1.77 bits per heavy atom. The Hall–Kier alpha value is -2.71. The number of anilines is 1. The first-order valence-electron chi connectivity index (χ1n) is 10.2. The molecule has 2 aliphatic rings. The molecule has 8 heteroatoms. The van der Waals surface area contributed by atoms with E-state index in [9.17, 15) is 14.4 Å². The molecule has 0 unspecified atom stereocenters. The number of benzene rings is 1. The zero-order valence-corrected chi connectivity index (χ0v) is 17.9. The molecule has 2 aliphatic heterocycles. The van der Waals surface area contributed by atoms with Gasteiger partial charge in [0, 0.05) is 50.2 Å². The Balaban J connectivity index is 1.27. The van der Waals surface area contributed by atoms with Crippen molar-refractivity contribution in [3.05, 3.63) is 51.7 Å². The number of piperazine rings is 1. The van der Waals surface area contributed by atoms with Crippen LogP contribution >= 0.6 is 11.3 Å². The van der Waals surface area contributed by atoms with Crippen molar-refractivity contribution in [3.63, 3.8) is 0 Å². The summed E-state index contributed by atoms with van der Waals surface area (Å²) in [5, 5.41) is 2.75. The Kier molecular flexibility index (Phi) is 6.15. The maximum Gasteiger partial charge on any atom is 0.264 e. The molecule has 0 radical (unpaired) electrons. The van der Waals surface area contributed by atoms with E-state index >= 15 is 0 Å². The van der Waals surface area contributed by atoms with Gasteiger partial charge in [-0.2, -0.15) is 0 Å². The van der Waals surface area contributed by atoms with Crippen LogP contribution in [0.15, 0.2) is 36.4 Å². The first kappa shape index (κ1) is 20.6. The highest BCUT2D eigenvalue weighted by Crippen LogP contribution is 2.27. The van der Waals surface area contributed by atoms with Gasteiger partial charge in [-0.3, -0.25) is 19.3 Å². The lowest BCUT2D eigenvalue weighted by Crippen LogP contribution is -2.51. The van der Waals surface area contributed by atoms with Crippen molar-refractivity contribution in [1.82, 2.24) is 15.1 Å².